The van der Waals surface area contributed by atoms with Crippen molar-refractivity contribution in [2.45, 2.75) is 39.7 Å². The number of carbonyl (C=O) groups is 3. The fraction of sp³-hybridized carbons (Fsp3) is 0.258. The topological polar surface area (TPSA) is 87.7 Å². The van der Waals surface area contributed by atoms with E-state index in [1.165, 1.54) is 0 Å². The summed E-state index contributed by atoms with van der Waals surface area (Å²) >= 11 is 0. The maximum absolute atomic E-state index is 13.4. The molecule has 0 spiro atoms. The predicted octanol–water partition coefficient (Wildman–Crippen LogP) is 6.09. The Morgan fingerprint density at radius 2 is 1.71 bits per heavy atom. The third-order valence-electron chi connectivity index (χ3n) is 6.47. The molecule has 0 aromatic heterocycles. The summed E-state index contributed by atoms with van der Waals surface area (Å²) in [6.45, 7) is 6.36. The van der Waals surface area contributed by atoms with Crippen LogP contribution >= 0.6 is 0 Å². The molecule has 196 valence electrons. The number of ether oxygens (including phenoxy) is 1. The van der Waals surface area contributed by atoms with Gasteiger partial charge in [0.05, 0.1) is 23.9 Å². The molecule has 0 fully saturated rings. The Labute approximate surface area is 223 Å². The average Bonchev–Trinajstić information content (AvgIpc) is 2.92. The monoisotopic (exact) mass is 511 g/mol. The molecule has 4 rings (SSSR count). The van der Waals surface area contributed by atoms with E-state index >= 15 is 0 Å². The van der Waals surface area contributed by atoms with Crippen molar-refractivity contribution in [2.24, 2.45) is 0 Å². The molecule has 0 unspecified atom stereocenters. The van der Waals surface area contributed by atoms with Gasteiger partial charge in [0.2, 0.25) is 0 Å². The van der Waals surface area contributed by atoms with E-state index < -0.39 is 12.0 Å². The number of anilines is 1. The summed E-state index contributed by atoms with van der Waals surface area (Å²) in [6.07, 6.45) is 1.68. The number of urea groups is 1. The number of benzene rings is 3. The molecule has 0 radical (unpaired) electrons. The van der Waals surface area contributed by atoms with Gasteiger partial charge in [-0.1, -0.05) is 74.0 Å². The van der Waals surface area contributed by atoms with Gasteiger partial charge < -0.3 is 15.4 Å². The second kappa shape index (κ2) is 12.2. The number of nitrogens with zero attached hydrogens (tertiary/aromatic N) is 1. The highest BCUT2D eigenvalue weighted by Gasteiger charge is 2.38. The smallest absolute Gasteiger partial charge is 0.338 e. The van der Waals surface area contributed by atoms with E-state index in [0.717, 1.165) is 24.0 Å². The molecular formula is C31H33N3O4. The van der Waals surface area contributed by atoms with Crippen molar-refractivity contribution in [2.75, 3.05) is 18.5 Å². The van der Waals surface area contributed by atoms with Gasteiger partial charge in [-0.2, -0.15) is 0 Å². The number of amides is 3. The van der Waals surface area contributed by atoms with Crippen molar-refractivity contribution in [1.82, 2.24) is 10.2 Å². The van der Waals surface area contributed by atoms with Gasteiger partial charge >= 0.3 is 12.0 Å². The zero-order valence-electron chi connectivity index (χ0n) is 22.0. The van der Waals surface area contributed by atoms with E-state index in [9.17, 15) is 14.4 Å². The molecule has 3 aromatic rings. The zero-order valence-corrected chi connectivity index (χ0v) is 22.0. The first-order valence-corrected chi connectivity index (χ1v) is 13.0. The van der Waals surface area contributed by atoms with Crippen LogP contribution in [0.4, 0.5) is 10.5 Å². The summed E-state index contributed by atoms with van der Waals surface area (Å²) in [7, 11) is 0. The molecule has 1 heterocycles. The minimum Gasteiger partial charge on any atom is -0.463 e. The summed E-state index contributed by atoms with van der Waals surface area (Å²) in [6, 6.07) is 22.9. The minimum atomic E-state index is -0.759. The summed E-state index contributed by atoms with van der Waals surface area (Å²) in [5, 5.41) is 5.96. The quantitative estimate of drug-likeness (QED) is 0.341. The number of carbonyl (C=O) groups excluding carboxylic acids is 3. The first-order valence-electron chi connectivity index (χ1n) is 13.0. The van der Waals surface area contributed by atoms with Crippen LogP contribution in [0.1, 0.15) is 59.8 Å². The third-order valence-corrected chi connectivity index (χ3v) is 6.47. The number of nitrogens with one attached hydrogen (secondary N) is 2. The third kappa shape index (κ3) is 5.78. The Balaban J connectivity index is 1.79. The van der Waals surface area contributed by atoms with Gasteiger partial charge in [0, 0.05) is 17.8 Å². The molecule has 3 aromatic carbocycles. The molecule has 7 nitrogen and oxygen atoms in total. The maximum atomic E-state index is 13.4. The number of aryl methyl sites for hydroxylation is 1. The summed E-state index contributed by atoms with van der Waals surface area (Å²) in [5.41, 5.74) is 4.32. The molecule has 0 saturated heterocycles. The number of hydrogen-bond acceptors (Lipinski definition) is 4. The largest absolute Gasteiger partial charge is 0.463 e. The van der Waals surface area contributed by atoms with Gasteiger partial charge in [-0.15, -0.1) is 0 Å². The van der Waals surface area contributed by atoms with Crippen LogP contribution in [0.25, 0.3) is 5.70 Å². The Hall–Kier alpha value is -4.39. The van der Waals surface area contributed by atoms with Crippen molar-refractivity contribution in [1.29, 1.82) is 0 Å². The van der Waals surface area contributed by atoms with E-state index in [1.807, 2.05) is 61.5 Å². The van der Waals surface area contributed by atoms with Crippen LogP contribution in [0, 0.1) is 6.92 Å². The van der Waals surface area contributed by atoms with Gasteiger partial charge in [0.15, 0.2) is 0 Å². The van der Waals surface area contributed by atoms with Crippen LogP contribution in [-0.4, -0.2) is 36.0 Å². The lowest BCUT2D eigenvalue weighted by Gasteiger charge is -2.37. The van der Waals surface area contributed by atoms with Gasteiger partial charge in [-0.05, 0) is 55.2 Å². The molecule has 0 saturated carbocycles. The fourth-order valence-corrected chi connectivity index (χ4v) is 4.59. The molecule has 0 aliphatic carbocycles. The van der Waals surface area contributed by atoms with Crippen molar-refractivity contribution in [3.8, 4) is 0 Å². The normalized spacial score (nSPS) is 15.2. The SMILES string of the molecule is CCCCN1C(=O)N[C@@H](c2cccc(NC(=O)c3ccccc3C)c2)C(C(=O)OCC)=C1c1ccccc1. The second-order valence-electron chi connectivity index (χ2n) is 9.13. The van der Waals surface area contributed by atoms with Crippen LogP contribution < -0.4 is 10.6 Å². The summed E-state index contributed by atoms with van der Waals surface area (Å²) in [4.78, 5) is 41.5. The molecular weight excluding hydrogens is 478 g/mol. The number of unbranched alkanes of at least 4 members (excludes halogenated alkanes) is 1. The van der Waals surface area contributed by atoms with Crippen LogP contribution in [0.15, 0.2) is 84.4 Å². The van der Waals surface area contributed by atoms with Crippen molar-refractivity contribution in [3.63, 3.8) is 0 Å². The molecule has 1 aliphatic rings. The maximum Gasteiger partial charge on any atom is 0.338 e. The van der Waals surface area contributed by atoms with Gasteiger partial charge in [0.25, 0.3) is 5.91 Å². The Bertz CT molecular complexity index is 1350. The molecule has 2 N–H and O–H groups in total. The molecule has 1 aliphatic heterocycles. The lowest BCUT2D eigenvalue weighted by atomic mass is 9.91. The molecule has 38 heavy (non-hydrogen) atoms. The molecule has 3 amide bonds. The van der Waals surface area contributed by atoms with Gasteiger partial charge in [-0.3, -0.25) is 9.69 Å². The van der Waals surface area contributed by atoms with E-state index in [1.54, 1.807) is 36.1 Å². The number of hydrogen-bond donors (Lipinski definition) is 2. The highest BCUT2D eigenvalue weighted by atomic mass is 16.5. The highest BCUT2D eigenvalue weighted by Crippen LogP contribution is 2.37. The molecule has 0 bridgehead atoms. The van der Waals surface area contributed by atoms with Crippen LogP contribution in [0.3, 0.4) is 0 Å². The fourth-order valence-electron chi connectivity index (χ4n) is 4.59. The van der Waals surface area contributed by atoms with Crippen molar-refractivity contribution in [3.05, 3.63) is 107 Å². The van der Waals surface area contributed by atoms with Gasteiger partial charge in [0.1, 0.15) is 0 Å². The lowest BCUT2D eigenvalue weighted by molar-refractivity contribution is -0.138. The minimum absolute atomic E-state index is 0.201. The zero-order chi connectivity index (χ0) is 27.1. The Morgan fingerprint density at radius 3 is 2.42 bits per heavy atom. The van der Waals surface area contributed by atoms with Crippen LogP contribution in [-0.2, 0) is 9.53 Å². The summed E-state index contributed by atoms with van der Waals surface area (Å²) < 4.78 is 5.49. The number of esters is 1. The van der Waals surface area contributed by atoms with E-state index in [2.05, 4.69) is 17.6 Å². The molecule has 1 atom stereocenters. The van der Waals surface area contributed by atoms with E-state index in [-0.39, 0.29) is 18.5 Å². The Morgan fingerprint density at radius 1 is 0.974 bits per heavy atom. The van der Waals surface area contributed by atoms with Crippen LogP contribution in [0.5, 0.6) is 0 Å². The van der Waals surface area contributed by atoms with Crippen molar-refractivity contribution >= 4 is 29.3 Å². The van der Waals surface area contributed by atoms with Gasteiger partial charge in [-0.25, -0.2) is 9.59 Å². The predicted molar refractivity (Wildman–Crippen MR) is 148 cm³/mol. The van der Waals surface area contributed by atoms with E-state index in [4.69, 9.17) is 4.74 Å². The lowest BCUT2D eigenvalue weighted by Crippen LogP contribution is -2.48. The van der Waals surface area contributed by atoms with E-state index in [0.29, 0.717) is 34.6 Å². The molecule has 7 heteroatoms. The second-order valence-corrected chi connectivity index (χ2v) is 9.13. The first-order chi connectivity index (χ1) is 18.4. The standard InChI is InChI=1S/C31H33N3O4/c1-4-6-19-34-28(22-14-8-7-9-15-22)26(30(36)38-5-2)27(33-31(34)37)23-16-12-17-24(20-23)32-29(35)25-18-11-10-13-21(25)3/h7-18,20,27H,4-6,19H2,1-3H3,(H,32,35)(H,33,37)/t27-/m0/s1. The van der Waals surface area contributed by atoms with Crippen LogP contribution in [0.2, 0.25) is 0 Å². The highest BCUT2D eigenvalue weighted by molar-refractivity contribution is 6.06. The number of rotatable bonds is 9. The first kappa shape index (κ1) is 26.7. The Kier molecular flexibility index (Phi) is 8.58. The average molecular weight is 512 g/mol. The van der Waals surface area contributed by atoms with Crippen molar-refractivity contribution < 1.29 is 19.1 Å². The summed E-state index contributed by atoms with van der Waals surface area (Å²) in [5.74, 6) is -0.725.